The fourth-order valence-electron chi connectivity index (χ4n) is 2.99. The maximum atomic E-state index is 12.0. The second-order valence-electron chi connectivity index (χ2n) is 5.57. The van der Waals surface area contributed by atoms with Gasteiger partial charge in [0, 0.05) is 12.3 Å². The number of rotatable bonds is 5. The van der Waals surface area contributed by atoms with E-state index in [0.717, 1.165) is 29.6 Å². The summed E-state index contributed by atoms with van der Waals surface area (Å²) in [6.07, 6.45) is 7.36. The van der Waals surface area contributed by atoms with E-state index in [0.29, 0.717) is 24.5 Å². The van der Waals surface area contributed by atoms with Crippen molar-refractivity contribution in [1.29, 1.82) is 0 Å². The molecule has 1 aliphatic carbocycles. The Bertz CT molecular complexity index is 648. The Morgan fingerprint density at radius 1 is 1.33 bits per heavy atom. The Hall–Kier alpha value is -2.03. The lowest BCUT2D eigenvalue weighted by atomic mass is 10.0. The molecule has 0 bridgehead atoms. The standard InChI is InChI=1S/C18H20O3/c1-2-3-12-16(19)21-18-14-10-6-7-11-15(14)20-17(18)13-8-4-5-9-13/h2,6-7,10-11,13H,1,3-5,8-9,12H2. The molecule has 0 spiro atoms. The Labute approximate surface area is 124 Å². The molecule has 0 N–H and O–H groups in total. The number of carbonyl (C=O) groups excluding carboxylic acids is 1. The van der Waals surface area contributed by atoms with Gasteiger partial charge in [-0.2, -0.15) is 0 Å². The number of fused-ring (bicyclic) bond motifs is 1. The van der Waals surface area contributed by atoms with Gasteiger partial charge in [0.2, 0.25) is 0 Å². The smallest absolute Gasteiger partial charge is 0.311 e. The van der Waals surface area contributed by atoms with Crippen molar-refractivity contribution >= 4 is 16.9 Å². The van der Waals surface area contributed by atoms with E-state index in [1.165, 1.54) is 12.8 Å². The molecular formula is C18H20O3. The van der Waals surface area contributed by atoms with Crippen molar-refractivity contribution in [1.82, 2.24) is 0 Å². The van der Waals surface area contributed by atoms with Gasteiger partial charge in [-0.25, -0.2) is 0 Å². The zero-order valence-electron chi connectivity index (χ0n) is 12.1. The van der Waals surface area contributed by atoms with Gasteiger partial charge in [-0.05, 0) is 31.4 Å². The van der Waals surface area contributed by atoms with Crippen LogP contribution in [0, 0.1) is 0 Å². The van der Waals surface area contributed by atoms with Gasteiger partial charge in [-0.15, -0.1) is 6.58 Å². The topological polar surface area (TPSA) is 39.4 Å². The van der Waals surface area contributed by atoms with Crippen LogP contribution in [0.2, 0.25) is 0 Å². The molecule has 0 saturated heterocycles. The molecule has 1 heterocycles. The van der Waals surface area contributed by atoms with Crippen molar-refractivity contribution in [2.45, 2.75) is 44.4 Å². The Kier molecular flexibility index (Phi) is 4.09. The highest BCUT2D eigenvalue weighted by Gasteiger charge is 2.27. The van der Waals surface area contributed by atoms with Crippen molar-refractivity contribution in [3.63, 3.8) is 0 Å². The lowest BCUT2D eigenvalue weighted by Gasteiger charge is -2.09. The lowest BCUT2D eigenvalue weighted by molar-refractivity contribution is -0.134. The molecule has 3 heteroatoms. The molecule has 3 rings (SSSR count). The largest absolute Gasteiger partial charge is 0.457 e. The van der Waals surface area contributed by atoms with Crippen LogP contribution in [-0.2, 0) is 4.79 Å². The Balaban J connectivity index is 1.95. The first-order valence-corrected chi connectivity index (χ1v) is 7.62. The van der Waals surface area contributed by atoms with E-state index in [-0.39, 0.29) is 5.97 Å². The molecular weight excluding hydrogens is 264 g/mol. The number of allylic oxidation sites excluding steroid dienone is 1. The number of furan rings is 1. The van der Waals surface area contributed by atoms with E-state index in [9.17, 15) is 4.79 Å². The van der Waals surface area contributed by atoms with Gasteiger partial charge in [-0.1, -0.05) is 31.1 Å². The normalized spacial score (nSPS) is 15.4. The van der Waals surface area contributed by atoms with Crippen LogP contribution in [0.5, 0.6) is 5.75 Å². The minimum Gasteiger partial charge on any atom is -0.457 e. The van der Waals surface area contributed by atoms with E-state index in [1.54, 1.807) is 6.08 Å². The number of para-hydroxylation sites is 1. The molecule has 0 amide bonds. The van der Waals surface area contributed by atoms with E-state index < -0.39 is 0 Å². The minimum absolute atomic E-state index is 0.222. The van der Waals surface area contributed by atoms with Gasteiger partial charge in [0.05, 0.1) is 5.39 Å². The first kappa shape index (κ1) is 13.9. The molecule has 0 atom stereocenters. The third kappa shape index (κ3) is 2.87. The summed E-state index contributed by atoms with van der Waals surface area (Å²) >= 11 is 0. The van der Waals surface area contributed by atoms with Gasteiger partial charge in [0.25, 0.3) is 0 Å². The van der Waals surface area contributed by atoms with E-state index in [4.69, 9.17) is 9.15 Å². The summed E-state index contributed by atoms with van der Waals surface area (Å²) in [6, 6.07) is 7.76. The quantitative estimate of drug-likeness (QED) is 0.575. The first-order valence-electron chi connectivity index (χ1n) is 7.62. The average molecular weight is 284 g/mol. The second-order valence-corrected chi connectivity index (χ2v) is 5.57. The molecule has 21 heavy (non-hydrogen) atoms. The van der Waals surface area contributed by atoms with Gasteiger partial charge >= 0.3 is 5.97 Å². The number of carbonyl (C=O) groups is 1. The molecule has 1 aromatic heterocycles. The molecule has 1 aliphatic rings. The minimum atomic E-state index is -0.222. The highest BCUT2D eigenvalue weighted by atomic mass is 16.5. The van der Waals surface area contributed by atoms with Crippen LogP contribution >= 0.6 is 0 Å². The van der Waals surface area contributed by atoms with Crippen molar-refractivity contribution in [3.8, 4) is 5.75 Å². The summed E-state index contributed by atoms with van der Waals surface area (Å²) in [5.41, 5.74) is 0.797. The van der Waals surface area contributed by atoms with E-state index >= 15 is 0 Å². The van der Waals surface area contributed by atoms with Gasteiger partial charge < -0.3 is 9.15 Å². The predicted octanol–water partition coefficient (Wildman–Crippen LogP) is 4.96. The summed E-state index contributed by atoms with van der Waals surface area (Å²) in [5, 5.41) is 0.895. The van der Waals surface area contributed by atoms with E-state index in [1.807, 2.05) is 24.3 Å². The third-order valence-electron chi connectivity index (χ3n) is 4.07. The molecule has 2 aromatic rings. The maximum Gasteiger partial charge on any atom is 0.311 e. The highest BCUT2D eigenvalue weighted by Crippen LogP contribution is 2.44. The summed E-state index contributed by atoms with van der Waals surface area (Å²) < 4.78 is 11.6. The Morgan fingerprint density at radius 2 is 2.10 bits per heavy atom. The van der Waals surface area contributed by atoms with Crippen LogP contribution in [0.4, 0.5) is 0 Å². The van der Waals surface area contributed by atoms with Crippen LogP contribution in [-0.4, -0.2) is 5.97 Å². The molecule has 110 valence electrons. The number of ether oxygens (including phenoxy) is 1. The van der Waals surface area contributed by atoms with Crippen molar-refractivity contribution in [3.05, 3.63) is 42.7 Å². The highest BCUT2D eigenvalue weighted by molar-refractivity contribution is 5.88. The zero-order valence-corrected chi connectivity index (χ0v) is 12.1. The molecule has 1 fully saturated rings. The molecule has 1 saturated carbocycles. The molecule has 0 aliphatic heterocycles. The van der Waals surface area contributed by atoms with Gasteiger partial charge in [-0.3, -0.25) is 4.79 Å². The molecule has 0 radical (unpaired) electrons. The Morgan fingerprint density at radius 3 is 2.86 bits per heavy atom. The lowest BCUT2D eigenvalue weighted by Crippen LogP contribution is -2.08. The van der Waals surface area contributed by atoms with Gasteiger partial charge in [0.1, 0.15) is 5.58 Å². The number of hydrogen-bond acceptors (Lipinski definition) is 3. The fraction of sp³-hybridized carbons (Fsp3) is 0.389. The predicted molar refractivity (Wildman–Crippen MR) is 82.5 cm³/mol. The van der Waals surface area contributed by atoms with Crippen LogP contribution < -0.4 is 4.74 Å². The maximum absolute atomic E-state index is 12.0. The van der Waals surface area contributed by atoms with E-state index in [2.05, 4.69) is 6.58 Å². The monoisotopic (exact) mass is 284 g/mol. The second kappa shape index (κ2) is 6.17. The molecule has 1 aromatic carbocycles. The summed E-state index contributed by atoms with van der Waals surface area (Å²) in [4.78, 5) is 12.0. The van der Waals surface area contributed by atoms with Crippen LogP contribution in [0.3, 0.4) is 0 Å². The first-order chi connectivity index (χ1) is 10.3. The number of hydrogen-bond donors (Lipinski definition) is 0. The third-order valence-corrected chi connectivity index (χ3v) is 4.07. The fourth-order valence-corrected chi connectivity index (χ4v) is 2.99. The van der Waals surface area contributed by atoms with Crippen LogP contribution in [0.1, 0.15) is 50.2 Å². The summed E-state index contributed by atoms with van der Waals surface area (Å²) in [6.45, 7) is 3.63. The average Bonchev–Trinajstić information content (AvgIpc) is 3.13. The van der Waals surface area contributed by atoms with Crippen molar-refractivity contribution < 1.29 is 13.9 Å². The van der Waals surface area contributed by atoms with Crippen LogP contribution in [0.15, 0.2) is 41.3 Å². The summed E-state index contributed by atoms with van der Waals surface area (Å²) in [5.74, 6) is 1.63. The SMILES string of the molecule is C=CCCC(=O)Oc1c(C2CCCC2)oc2ccccc12. The number of benzene rings is 1. The molecule has 0 unspecified atom stereocenters. The zero-order chi connectivity index (χ0) is 14.7. The van der Waals surface area contributed by atoms with Crippen molar-refractivity contribution in [2.75, 3.05) is 0 Å². The van der Waals surface area contributed by atoms with Crippen molar-refractivity contribution in [2.24, 2.45) is 0 Å². The van der Waals surface area contributed by atoms with Gasteiger partial charge in [0.15, 0.2) is 11.5 Å². The molecule has 3 nitrogen and oxygen atoms in total. The summed E-state index contributed by atoms with van der Waals surface area (Å²) in [7, 11) is 0. The van der Waals surface area contributed by atoms with Crippen LogP contribution in [0.25, 0.3) is 11.0 Å². The number of esters is 1.